The minimum absolute atomic E-state index is 0.360. The van der Waals surface area contributed by atoms with E-state index in [0.717, 1.165) is 11.3 Å². The molecule has 0 fully saturated rings. The van der Waals surface area contributed by atoms with Gasteiger partial charge >= 0.3 is 0 Å². The van der Waals surface area contributed by atoms with Crippen molar-refractivity contribution in [3.8, 4) is 5.75 Å². The lowest BCUT2D eigenvalue weighted by Gasteiger charge is -2.12. The maximum absolute atomic E-state index is 10.0. The number of hydrogen-bond donors (Lipinski definition) is 1. The molecule has 0 spiro atoms. The van der Waals surface area contributed by atoms with Gasteiger partial charge in [-0.25, -0.2) is 0 Å². The van der Waals surface area contributed by atoms with Crippen LogP contribution in [0.4, 0.5) is 0 Å². The van der Waals surface area contributed by atoms with E-state index in [4.69, 9.17) is 4.74 Å². The zero-order valence-electron chi connectivity index (χ0n) is 9.80. The van der Waals surface area contributed by atoms with Gasteiger partial charge in [-0.05, 0) is 40.4 Å². The summed E-state index contributed by atoms with van der Waals surface area (Å²) in [5.41, 5.74) is 2.25. The number of para-hydroxylation sites is 1. The highest BCUT2D eigenvalue weighted by Gasteiger charge is 2.10. The van der Waals surface area contributed by atoms with Crippen LogP contribution in [0, 0.1) is 0 Å². The van der Waals surface area contributed by atoms with Gasteiger partial charge in [0.25, 0.3) is 0 Å². The fourth-order valence-electron chi connectivity index (χ4n) is 1.88. The van der Waals surface area contributed by atoms with Crippen molar-refractivity contribution in [2.45, 2.75) is 18.9 Å². The third-order valence-corrected chi connectivity index (χ3v) is 3.43. The van der Waals surface area contributed by atoms with Crippen molar-refractivity contribution in [1.29, 1.82) is 0 Å². The second kappa shape index (κ2) is 5.84. The zero-order valence-corrected chi connectivity index (χ0v) is 10.6. The number of aliphatic hydroxyl groups excluding tert-OH is 1. The molecule has 1 heterocycles. The molecule has 0 aliphatic rings. The van der Waals surface area contributed by atoms with Gasteiger partial charge in [-0.1, -0.05) is 18.2 Å². The van der Waals surface area contributed by atoms with Crippen LogP contribution >= 0.6 is 11.3 Å². The Morgan fingerprint density at radius 2 is 2.06 bits per heavy atom. The van der Waals surface area contributed by atoms with Crippen LogP contribution in [0.5, 0.6) is 5.75 Å². The van der Waals surface area contributed by atoms with E-state index in [9.17, 15) is 5.11 Å². The normalized spacial score (nSPS) is 12.4. The molecule has 1 unspecified atom stereocenters. The number of ether oxygens (including phenoxy) is 1. The van der Waals surface area contributed by atoms with E-state index >= 15 is 0 Å². The minimum atomic E-state index is -0.360. The molecule has 0 radical (unpaired) electrons. The molecule has 2 rings (SSSR count). The van der Waals surface area contributed by atoms with Crippen LogP contribution in [0.25, 0.3) is 0 Å². The first-order valence-electron chi connectivity index (χ1n) is 5.60. The molecule has 2 aromatic rings. The van der Waals surface area contributed by atoms with Gasteiger partial charge in [-0.15, -0.1) is 0 Å². The van der Waals surface area contributed by atoms with Crippen molar-refractivity contribution < 1.29 is 9.84 Å². The summed E-state index contributed by atoms with van der Waals surface area (Å²) < 4.78 is 5.27. The highest BCUT2D eigenvalue weighted by Crippen LogP contribution is 2.20. The monoisotopic (exact) mass is 248 g/mol. The average molecular weight is 248 g/mol. The Kier molecular flexibility index (Phi) is 4.18. The maximum Gasteiger partial charge on any atom is 0.122 e. The van der Waals surface area contributed by atoms with Crippen molar-refractivity contribution in [1.82, 2.24) is 0 Å². The molecule has 1 N–H and O–H groups in total. The zero-order chi connectivity index (χ0) is 12.1. The molecule has 0 bridgehead atoms. The predicted octanol–water partition coefficient (Wildman–Crippen LogP) is 2.90. The summed E-state index contributed by atoms with van der Waals surface area (Å²) in [6.45, 7) is 0. The lowest BCUT2D eigenvalue weighted by Crippen LogP contribution is -2.14. The predicted molar refractivity (Wildman–Crippen MR) is 70.7 cm³/mol. The van der Waals surface area contributed by atoms with E-state index < -0.39 is 0 Å². The Balaban J connectivity index is 2.00. The molecule has 1 aromatic carbocycles. The standard InChI is InChI=1S/C14H16O2S/c1-16-14-5-3-2-4-12(14)9-13(15)8-11-6-7-17-10-11/h2-7,10,13,15H,8-9H2,1H3. The summed E-state index contributed by atoms with van der Waals surface area (Å²) in [5, 5.41) is 14.2. The summed E-state index contributed by atoms with van der Waals surface area (Å²) in [5.74, 6) is 0.844. The van der Waals surface area contributed by atoms with Gasteiger partial charge in [0.15, 0.2) is 0 Å². The van der Waals surface area contributed by atoms with Crippen molar-refractivity contribution in [2.24, 2.45) is 0 Å². The highest BCUT2D eigenvalue weighted by atomic mass is 32.1. The topological polar surface area (TPSA) is 29.5 Å². The maximum atomic E-state index is 10.0. The van der Waals surface area contributed by atoms with Crippen LogP contribution in [0.2, 0.25) is 0 Å². The molecule has 0 saturated heterocycles. The molecule has 17 heavy (non-hydrogen) atoms. The molecular formula is C14H16O2S. The van der Waals surface area contributed by atoms with Gasteiger partial charge in [0.05, 0.1) is 13.2 Å². The van der Waals surface area contributed by atoms with E-state index in [0.29, 0.717) is 12.8 Å². The number of hydrogen-bond acceptors (Lipinski definition) is 3. The second-order valence-corrected chi connectivity index (χ2v) is 4.79. The van der Waals surface area contributed by atoms with Crippen LogP contribution in [-0.4, -0.2) is 18.3 Å². The van der Waals surface area contributed by atoms with Crippen LogP contribution in [-0.2, 0) is 12.8 Å². The van der Waals surface area contributed by atoms with Gasteiger partial charge in [0.1, 0.15) is 5.75 Å². The number of benzene rings is 1. The molecular weight excluding hydrogens is 232 g/mol. The molecule has 0 aliphatic heterocycles. The van der Waals surface area contributed by atoms with Gasteiger partial charge in [0.2, 0.25) is 0 Å². The number of rotatable bonds is 5. The minimum Gasteiger partial charge on any atom is -0.496 e. The first-order chi connectivity index (χ1) is 8.29. The van der Waals surface area contributed by atoms with Gasteiger partial charge < -0.3 is 9.84 Å². The SMILES string of the molecule is COc1ccccc1CC(O)Cc1ccsc1. The van der Waals surface area contributed by atoms with Crippen molar-refractivity contribution in [2.75, 3.05) is 7.11 Å². The molecule has 1 atom stereocenters. The molecule has 0 amide bonds. The van der Waals surface area contributed by atoms with Crippen molar-refractivity contribution >= 4 is 11.3 Å². The number of thiophene rings is 1. The lowest BCUT2D eigenvalue weighted by molar-refractivity contribution is 0.174. The smallest absolute Gasteiger partial charge is 0.122 e. The molecule has 0 aliphatic carbocycles. The fraction of sp³-hybridized carbons (Fsp3) is 0.286. The Bertz CT molecular complexity index is 451. The Morgan fingerprint density at radius 3 is 2.76 bits per heavy atom. The van der Waals surface area contributed by atoms with E-state index in [1.54, 1.807) is 18.4 Å². The highest BCUT2D eigenvalue weighted by molar-refractivity contribution is 7.07. The van der Waals surface area contributed by atoms with E-state index in [2.05, 4.69) is 11.4 Å². The molecule has 2 nitrogen and oxygen atoms in total. The first kappa shape index (κ1) is 12.1. The quantitative estimate of drug-likeness (QED) is 0.881. The third kappa shape index (κ3) is 3.32. The largest absolute Gasteiger partial charge is 0.496 e. The van der Waals surface area contributed by atoms with Crippen LogP contribution in [0.3, 0.4) is 0 Å². The molecule has 90 valence electrons. The summed E-state index contributed by atoms with van der Waals surface area (Å²) in [6.07, 6.45) is 0.961. The Labute approximate surface area is 105 Å². The van der Waals surface area contributed by atoms with E-state index in [1.165, 1.54) is 5.56 Å². The Morgan fingerprint density at radius 1 is 1.24 bits per heavy atom. The first-order valence-corrected chi connectivity index (χ1v) is 6.55. The van der Waals surface area contributed by atoms with Crippen LogP contribution < -0.4 is 4.74 Å². The van der Waals surface area contributed by atoms with E-state index in [-0.39, 0.29) is 6.10 Å². The number of methoxy groups -OCH3 is 1. The molecule has 1 aromatic heterocycles. The molecule has 3 heteroatoms. The van der Waals surface area contributed by atoms with Gasteiger partial charge in [-0.2, -0.15) is 11.3 Å². The second-order valence-electron chi connectivity index (χ2n) is 4.01. The van der Waals surface area contributed by atoms with Crippen LogP contribution in [0.1, 0.15) is 11.1 Å². The van der Waals surface area contributed by atoms with Crippen LogP contribution in [0.15, 0.2) is 41.1 Å². The van der Waals surface area contributed by atoms with Crippen molar-refractivity contribution in [3.05, 3.63) is 52.2 Å². The van der Waals surface area contributed by atoms with E-state index in [1.807, 2.05) is 29.6 Å². The average Bonchev–Trinajstić information content (AvgIpc) is 2.82. The molecule has 0 saturated carbocycles. The Hall–Kier alpha value is -1.32. The number of aliphatic hydroxyl groups is 1. The fourth-order valence-corrected chi connectivity index (χ4v) is 2.56. The van der Waals surface area contributed by atoms with Gasteiger partial charge in [0, 0.05) is 6.42 Å². The summed E-state index contributed by atoms with van der Waals surface area (Å²) in [7, 11) is 1.66. The lowest BCUT2D eigenvalue weighted by atomic mass is 10.0. The summed E-state index contributed by atoms with van der Waals surface area (Å²) in [6, 6.07) is 9.88. The third-order valence-electron chi connectivity index (χ3n) is 2.70. The summed E-state index contributed by atoms with van der Waals surface area (Å²) in [4.78, 5) is 0. The van der Waals surface area contributed by atoms with Crippen molar-refractivity contribution in [3.63, 3.8) is 0 Å². The summed E-state index contributed by atoms with van der Waals surface area (Å²) >= 11 is 1.66. The van der Waals surface area contributed by atoms with Gasteiger partial charge in [-0.3, -0.25) is 0 Å².